The Morgan fingerprint density at radius 3 is 3.00 bits per heavy atom. The van der Waals surface area contributed by atoms with Crippen LogP contribution in [0, 0.1) is 0 Å². The van der Waals surface area contributed by atoms with Crippen LogP contribution in [-0.4, -0.2) is 35.8 Å². The maximum atomic E-state index is 4.32. The van der Waals surface area contributed by atoms with E-state index in [0.717, 1.165) is 31.8 Å². The number of nitrogens with zero attached hydrogens (tertiary/aromatic N) is 3. The van der Waals surface area contributed by atoms with Gasteiger partial charge < -0.3 is 10.2 Å². The van der Waals surface area contributed by atoms with Gasteiger partial charge in [-0.1, -0.05) is 36.0 Å². The Kier molecular flexibility index (Phi) is 4.78. The molecule has 0 radical (unpaired) electrons. The highest BCUT2D eigenvalue weighted by molar-refractivity contribution is 5.34. The molecule has 1 aliphatic rings. The zero-order chi connectivity index (χ0) is 13.5. The van der Waals surface area contributed by atoms with Crippen molar-refractivity contribution in [3.63, 3.8) is 0 Å². The van der Waals surface area contributed by atoms with Gasteiger partial charge in [0.05, 0.1) is 0 Å². The Bertz CT molecular complexity index is 482. The molecular formula is C14H21N5. The van der Waals surface area contributed by atoms with Crippen molar-refractivity contribution in [3.05, 3.63) is 36.0 Å². The summed E-state index contributed by atoms with van der Waals surface area (Å²) in [6, 6.07) is 0. The standard InChI is InChI=1S/C14H21N5/c1-19(2)14-16-13(17-18-14)15-11-7-10-12-8-5-3-4-6-9-12/h3-6,8H,7,9-11H2,1-2H3,(H2,15,16,17,18). The van der Waals surface area contributed by atoms with Crippen LogP contribution < -0.4 is 10.2 Å². The minimum absolute atomic E-state index is 0.698. The fourth-order valence-electron chi connectivity index (χ4n) is 1.86. The Morgan fingerprint density at radius 2 is 2.21 bits per heavy atom. The molecule has 0 atom stereocenters. The Hall–Kier alpha value is -2.04. The zero-order valence-corrected chi connectivity index (χ0v) is 11.6. The summed E-state index contributed by atoms with van der Waals surface area (Å²) in [6.45, 7) is 0.896. The molecule has 0 unspecified atom stereocenters. The lowest BCUT2D eigenvalue weighted by Crippen LogP contribution is -2.10. The molecule has 0 fully saturated rings. The van der Waals surface area contributed by atoms with Gasteiger partial charge in [-0.3, -0.25) is 0 Å². The van der Waals surface area contributed by atoms with Gasteiger partial charge in [0.25, 0.3) is 0 Å². The smallest absolute Gasteiger partial charge is 0.245 e. The number of hydrogen-bond acceptors (Lipinski definition) is 4. The quantitative estimate of drug-likeness (QED) is 0.771. The summed E-state index contributed by atoms with van der Waals surface area (Å²) in [5, 5.41) is 10.2. The number of hydrogen-bond donors (Lipinski definition) is 2. The third-order valence-corrected chi connectivity index (χ3v) is 2.91. The summed E-state index contributed by atoms with van der Waals surface area (Å²) in [4.78, 5) is 6.19. The first-order chi connectivity index (χ1) is 9.25. The topological polar surface area (TPSA) is 56.8 Å². The molecule has 0 aliphatic heterocycles. The number of anilines is 2. The Labute approximate surface area is 114 Å². The summed E-state index contributed by atoms with van der Waals surface area (Å²) in [6.07, 6.45) is 13.9. The van der Waals surface area contributed by atoms with Crippen LogP contribution >= 0.6 is 0 Å². The average Bonchev–Trinajstić information content (AvgIpc) is 2.72. The van der Waals surface area contributed by atoms with E-state index in [1.807, 2.05) is 19.0 Å². The van der Waals surface area contributed by atoms with Crippen LogP contribution in [0.5, 0.6) is 0 Å². The van der Waals surface area contributed by atoms with Crippen LogP contribution in [0.15, 0.2) is 36.0 Å². The van der Waals surface area contributed by atoms with Crippen molar-refractivity contribution in [1.29, 1.82) is 0 Å². The predicted octanol–water partition coefficient (Wildman–Crippen LogP) is 2.51. The lowest BCUT2D eigenvalue weighted by molar-refractivity contribution is 0.828. The lowest BCUT2D eigenvalue weighted by atomic mass is 10.1. The van der Waals surface area contributed by atoms with E-state index in [-0.39, 0.29) is 0 Å². The van der Waals surface area contributed by atoms with E-state index in [0.29, 0.717) is 5.95 Å². The summed E-state index contributed by atoms with van der Waals surface area (Å²) in [5.41, 5.74) is 1.47. The van der Waals surface area contributed by atoms with Gasteiger partial charge in [-0.25, -0.2) is 5.10 Å². The molecule has 5 heteroatoms. The summed E-state index contributed by atoms with van der Waals surface area (Å²) < 4.78 is 0. The van der Waals surface area contributed by atoms with Gasteiger partial charge in [0.2, 0.25) is 11.9 Å². The maximum Gasteiger partial charge on any atom is 0.245 e. The number of H-pyrrole nitrogens is 1. The molecule has 19 heavy (non-hydrogen) atoms. The second kappa shape index (κ2) is 6.78. The van der Waals surface area contributed by atoms with E-state index in [2.05, 4.69) is 50.9 Å². The van der Waals surface area contributed by atoms with Gasteiger partial charge in [0.1, 0.15) is 0 Å². The van der Waals surface area contributed by atoms with Crippen LogP contribution in [-0.2, 0) is 0 Å². The molecule has 0 spiro atoms. The highest BCUT2D eigenvalue weighted by atomic mass is 15.4. The van der Waals surface area contributed by atoms with Gasteiger partial charge in [0.15, 0.2) is 0 Å². The normalized spacial score (nSPS) is 14.1. The van der Waals surface area contributed by atoms with E-state index >= 15 is 0 Å². The van der Waals surface area contributed by atoms with E-state index in [4.69, 9.17) is 0 Å². The van der Waals surface area contributed by atoms with Crippen LogP contribution in [0.1, 0.15) is 19.3 Å². The van der Waals surface area contributed by atoms with Crippen LogP contribution in [0.3, 0.4) is 0 Å². The van der Waals surface area contributed by atoms with Gasteiger partial charge in [-0.2, -0.15) is 4.98 Å². The van der Waals surface area contributed by atoms with Crippen LogP contribution in [0.25, 0.3) is 0 Å². The third-order valence-electron chi connectivity index (χ3n) is 2.91. The molecule has 2 rings (SSSR count). The SMILES string of the molecule is CN(C)c1n[nH]c(NCCCC2=CC=CC=CC2)n1. The predicted molar refractivity (Wildman–Crippen MR) is 79.4 cm³/mol. The first kappa shape index (κ1) is 13.4. The first-order valence-electron chi connectivity index (χ1n) is 6.60. The second-order valence-electron chi connectivity index (χ2n) is 4.75. The lowest BCUT2D eigenvalue weighted by Gasteiger charge is -2.05. The van der Waals surface area contributed by atoms with Gasteiger partial charge in [-0.05, 0) is 19.3 Å². The molecule has 1 aliphatic carbocycles. The fraction of sp³-hybridized carbons (Fsp3) is 0.429. The van der Waals surface area contributed by atoms with Crippen molar-refractivity contribution in [2.75, 3.05) is 30.9 Å². The van der Waals surface area contributed by atoms with E-state index in [9.17, 15) is 0 Å². The molecule has 0 saturated heterocycles. The molecule has 2 N–H and O–H groups in total. The zero-order valence-electron chi connectivity index (χ0n) is 11.6. The number of nitrogens with one attached hydrogen (secondary N) is 2. The summed E-state index contributed by atoms with van der Waals surface area (Å²) in [5.74, 6) is 1.43. The molecule has 0 bridgehead atoms. The number of aromatic nitrogens is 3. The molecule has 0 saturated carbocycles. The van der Waals surface area contributed by atoms with Crippen LogP contribution in [0.2, 0.25) is 0 Å². The molecular weight excluding hydrogens is 238 g/mol. The summed E-state index contributed by atoms with van der Waals surface area (Å²) >= 11 is 0. The highest BCUT2D eigenvalue weighted by Gasteiger charge is 2.03. The van der Waals surface area contributed by atoms with Gasteiger partial charge in [-0.15, -0.1) is 5.10 Å². The second-order valence-corrected chi connectivity index (χ2v) is 4.75. The number of aromatic amines is 1. The van der Waals surface area contributed by atoms with E-state index in [1.165, 1.54) is 5.57 Å². The highest BCUT2D eigenvalue weighted by Crippen LogP contribution is 2.13. The molecule has 102 valence electrons. The molecule has 0 amide bonds. The summed E-state index contributed by atoms with van der Waals surface area (Å²) in [7, 11) is 3.85. The van der Waals surface area contributed by atoms with Crippen molar-refractivity contribution in [1.82, 2.24) is 15.2 Å². The monoisotopic (exact) mass is 259 g/mol. The van der Waals surface area contributed by atoms with E-state index in [1.54, 1.807) is 0 Å². The largest absolute Gasteiger partial charge is 0.355 e. The molecule has 0 aromatic carbocycles. The Morgan fingerprint density at radius 1 is 1.32 bits per heavy atom. The minimum atomic E-state index is 0.698. The minimum Gasteiger partial charge on any atom is -0.355 e. The maximum absolute atomic E-state index is 4.32. The van der Waals surface area contributed by atoms with Crippen molar-refractivity contribution >= 4 is 11.9 Å². The molecule has 1 aromatic rings. The number of allylic oxidation sites excluding steroid dienone is 6. The fourth-order valence-corrected chi connectivity index (χ4v) is 1.86. The van der Waals surface area contributed by atoms with E-state index < -0.39 is 0 Å². The first-order valence-corrected chi connectivity index (χ1v) is 6.60. The van der Waals surface area contributed by atoms with Crippen molar-refractivity contribution < 1.29 is 0 Å². The van der Waals surface area contributed by atoms with Crippen molar-refractivity contribution in [2.45, 2.75) is 19.3 Å². The Balaban J connectivity index is 1.70. The van der Waals surface area contributed by atoms with Crippen LogP contribution in [0.4, 0.5) is 11.9 Å². The average molecular weight is 259 g/mol. The van der Waals surface area contributed by atoms with Gasteiger partial charge >= 0.3 is 0 Å². The van der Waals surface area contributed by atoms with Gasteiger partial charge in [0, 0.05) is 20.6 Å². The third kappa shape index (κ3) is 4.28. The molecule has 1 heterocycles. The molecule has 1 aromatic heterocycles. The molecule has 5 nitrogen and oxygen atoms in total. The van der Waals surface area contributed by atoms with Crippen molar-refractivity contribution in [3.8, 4) is 0 Å². The number of rotatable bonds is 6. The van der Waals surface area contributed by atoms with Crippen molar-refractivity contribution in [2.24, 2.45) is 0 Å².